The van der Waals surface area contributed by atoms with Gasteiger partial charge >= 0.3 is 0 Å². The van der Waals surface area contributed by atoms with Gasteiger partial charge in [0.15, 0.2) is 0 Å². The van der Waals surface area contributed by atoms with Gasteiger partial charge < -0.3 is 10.6 Å². The van der Waals surface area contributed by atoms with E-state index < -0.39 is 0 Å². The molecule has 0 bridgehead atoms. The van der Waals surface area contributed by atoms with E-state index in [0.717, 1.165) is 6.54 Å². The third-order valence-corrected chi connectivity index (χ3v) is 5.03. The summed E-state index contributed by atoms with van der Waals surface area (Å²) < 4.78 is 0. The molecular formula is C17H28N2. The minimum Gasteiger partial charge on any atom is -0.319 e. The Morgan fingerprint density at radius 2 is 1.58 bits per heavy atom. The van der Waals surface area contributed by atoms with Crippen molar-refractivity contribution in [2.45, 2.75) is 46.6 Å². The van der Waals surface area contributed by atoms with Gasteiger partial charge in [-0.3, -0.25) is 0 Å². The van der Waals surface area contributed by atoms with Crippen LogP contribution in [-0.2, 0) is 0 Å². The lowest BCUT2D eigenvalue weighted by atomic mass is 9.82. The molecule has 0 heterocycles. The fraction of sp³-hybridized carbons (Fsp3) is 0.647. The Hall–Kier alpha value is -0.860. The summed E-state index contributed by atoms with van der Waals surface area (Å²) in [5.74, 6) is 0. The molecule has 106 valence electrons. The zero-order chi connectivity index (χ0) is 14.2. The van der Waals surface area contributed by atoms with E-state index >= 15 is 0 Å². The Kier molecular flexibility index (Phi) is 4.03. The molecule has 2 nitrogen and oxygen atoms in total. The summed E-state index contributed by atoms with van der Waals surface area (Å²) in [5, 5.41) is 6.99. The number of hydrogen-bond donors (Lipinski definition) is 2. The first-order chi connectivity index (χ1) is 8.96. The minimum absolute atomic E-state index is 0.416. The van der Waals surface area contributed by atoms with Crippen molar-refractivity contribution < 1.29 is 0 Å². The summed E-state index contributed by atoms with van der Waals surface area (Å²) in [6.07, 6.45) is 2.65. The Labute approximate surface area is 118 Å². The van der Waals surface area contributed by atoms with E-state index in [9.17, 15) is 0 Å². The van der Waals surface area contributed by atoms with Gasteiger partial charge in [-0.05, 0) is 82.4 Å². The van der Waals surface area contributed by atoms with Crippen molar-refractivity contribution in [1.29, 1.82) is 0 Å². The van der Waals surface area contributed by atoms with Crippen LogP contribution in [0.2, 0.25) is 0 Å². The molecule has 1 unspecified atom stereocenters. The zero-order valence-corrected chi connectivity index (χ0v) is 13.3. The maximum absolute atomic E-state index is 3.60. The molecular weight excluding hydrogens is 232 g/mol. The normalized spacial score (nSPS) is 18.4. The van der Waals surface area contributed by atoms with Crippen LogP contribution in [0.1, 0.15) is 46.7 Å². The molecule has 19 heavy (non-hydrogen) atoms. The number of benzene rings is 1. The molecule has 0 saturated heterocycles. The Morgan fingerprint density at radius 3 is 1.95 bits per heavy atom. The molecule has 1 aromatic rings. The van der Waals surface area contributed by atoms with Crippen LogP contribution in [0.5, 0.6) is 0 Å². The van der Waals surface area contributed by atoms with Crippen LogP contribution in [0.15, 0.2) is 6.07 Å². The van der Waals surface area contributed by atoms with Crippen LogP contribution in [0, 0.1) is 33.1 Å². The SMILES string of the molecule is CNCC1(C(NC)c2c(C)c(C)cc(C)c2C)CC1. The lowest BCUT2D eigenvalue weighted by Crippen LogP contribution is -2.34. The third-order valence-electron chi connectivity index (χ3n) is 5.03. The Morgan fingerprint density at radius 1 is 1.05 bits per heavy atom. The smallest absolute Gasteiger partial charge is 0.0392 e. The maximum Gasteiger partial charge on any atom is 0.0392 e. The molecule has 0 spiro atoms. The van der Waals surface area contributed by atoms with Crippen molar-refractivity contribution in [3.8, 4) is 0 Å². The van der Waals surface area contributed by atoms with Gasteiger partial charge in [0.2, 0.25) is 0 Å². The molecule has 2 rings (SSSR count). The molecule has 0 radical (unpaired) electrons. The summed E-state index contributed by atoms with van der Waals surface area (Å²) in [6, 6.07) is 2.79. The Bertz CT molecular complexity index is 446. The molecule has 0 aromatic heterocycles. The van der Waals surface area contributed by atoms with E-state index in [-0.39, 0.29) is 0 Å². The standard InChI is InChI=1S/C17H28N2/c1-11-9-12(2)14(4)15(13(11)3)16(19-6)17(7-8-17)10-18-5/h9,16,18-19H,7-8,10H2,1-6H3. The number of hydrogen-bond acceptors (Lipinski definition) is 2. The van der Waals surface area contributed by atoms with E-state index in [0.29, 0.717) is 11.5 Å². The maximum atomic E-state index is 3.60. The third kappa shape index (κ3) is 2.44. The van der Waals surface area contributed by atoms with Gasteiger partial charge in [0.25, 0.3) is 0 Å². The van der Waals surface area contributed by atoms with Crippen LogP contribution in [0.4, 0.5) is 0 Å². The van der Waals surface area contributed by atoms with Crippen LogP contribution in [0.25, 0.3) is 0 Å². The van der Waals surface area contributed by atoms with Gasteiger partial charge in [-0.25, -0.2) is 0 Å². The summed E-state index contributed by atoms with van der Waals surface area (Å²) >= 11 is 0. The lowest BCUT2D eigenvalue weighted by molar-refractivity contribution is 0.344. The highest BCUT2D eigenvalue weighted by Crippen LogP contribution is 2.55. The predicted octanol–water partition coefficient (Wildman–Crippen LogP) is 3.18. The zero-order valence-electron chi connectivity index (χ0n) is 13.3. The first kappa shape index (κ1) is 14.5. The summed E-state index contributed by atoms with van der Waals surface area (Å²) in [5.41, 5.74) is 7.71. The van der Waals surface area contributed by atoms with Crippen molar-refractivity contribution >= 4 is 0 Å². The molecule has 1 saturated carbocycles. The van der Waals surface area contributed by atoms with Gasteiger partial charge in [0.1, 0.15) is 0 Å². The highest BCUT2D eigenvalue weighted by molar-refractivity contribution is 5.47. The largest absolute Gasteiger partial charge is 0.319 e. The van der Waals surface area contributed by atoms with Crippen LogP contribution < -0.4 is 10.6 Å². The monoisotopic (exact) mass is 260 g/mol. The van der Waals surface area contributed by atoms with Crippen molar-refractivity contribution in [3.63, 3.8) is 0 Å². The molecule has 1 fully saturated rings. The minimum atomic E-state index is 0.416. The van der Waals surface area contributed by atoms with E-state index in [4.69, 9.17) is 0 Å². The molecule has 2 heteroatoms. The van der Waals surface area contributed by atoms with E-state index in [2.05, 4.69) is 58.5 Å². The number of aryl methyl sites for hydroxylation is 2. The van der Waals surface area contributed by atoms with Crippen molar-refractivity contribution in [3.05, 3.63) is 33.9 Å². The van der Waals surface area contributed by atoms with E-state index in [1.54, 1.807) is 0 Å². The van der Waals surface area contributed by atoms with E-state index in [1.165, 1.54) is 40.7 Å². The number of rotatable bonds is 5. The molecule has 0 amide bonds. The topological polar surface area (TPSA) is 24.1 Å². The van der Waals surface area contributed by atoms with Crippen LogP contribution >= 0.6 is 0 Å². The summed E-state index contributed by atoms with van der Waals surface area (Å²) in [4.78, 5) is 0. The highest BCUT2D eigenvalue weighted by Gasteiger charge is 2.49. The molecule has 1 aliphatic rings. The van der Waals surface area contributed by atoms with Crippen LogP contribution in [0.3, 0.4) is 0 Å². The second-order valence-corrected chi connectivity index (χ2v) is 6.29. The first-order valence-corrected chi connectivity index (χ1v) is 7.36. The molecule has 2 N–H and O–H groups in total. The van der Waals surface area contributed by atoms with Crippen molar-refractivity contribution in [2.75, 3.05) is 20.6 Å². The van der Waals surface area contributed by atoms with Crippen molar-refractivity contribution in [2.24, 2.45) is 5.41 Å². The van der Waals surface area contributed by atoms with Crippen LogP contribution in [-0.4, -0.2) is 20.6 Å². The first-order valence-electron chi connectivity index (χ1n) is 7.36. The summed E-state index contributed by atoms with van der Waals surface area (Å²) in [6.45, 7) is 10.1. The fourth-order valence-corrected chi connectivity index (χ4v) is 3.52. The highest BCUT2D eigenvalue weighted by atomic mass is 15.0. The Balaban J connectivity index is 2.50. The molecule has 1 atom stereocenters. The number of nitrogens with one attached hydrogen (secondary N) is 2. The lowest BCUT2D eigenvalue weighted by Gasteiger charge is -2.31. The van der Waals surface area contributed by atoms with Gasteiger partial charge in [-0.15, -0.1) is 0 Å². The van der Waals surface area contributed by atoms with Gasteiger partial charge in [0, 0.05) is 18.0 Å². The summed E-state index contributed by atoms with van der Waals surface area (Å²) in [7, 11) is 4.17. The van der Waals surface area contributed by atoms with Gasteiger partial charge in [-0.2, -0.15) is 0 Å². The predicted molar refractivity (Wildman–Crippen MR) is 82.8 cm³/mol. The quantitative estimate of drug-likeness (QED) is 0.849. The fourth-order valence-electron chi connectivity index (χ4n) is 3.52. The molecule has 1 aromatic carbocycles. The molecule has 0 aliphatic heterocycles. The van der Waals surface area contributed by atoms with Crippen molar-refractivity contribution in [1.82, 2.24) is 10.6 Å². The van der Waals surface area contributed by atoms with Gasteiger partial charge in [0.05, 0.1) is 0 Å². The molecule has 1 aliphatic carbocycles. The second kappa shape index (κ2) is 5.26. The van der Waals surface area contributed by atoms with E-state index in [1.807, 2.05) is 0 Å². The van der Waals surface area contributed by atoms with Gasteiger partial charge in [-0.1, -0.05) is 6.07 Å². The average Bonchev–Trinajstić information content (AvgIpc) is 3.13. The average molecular weight is 260 g/mol. The second-order valence-electron chi connectivity index (χ2n) is 6.29.